The van der Waals surface area contributed by atoms with Gasteiger partial charge in [0.25, 0.3) is 0 Å². The molecule has 1 aliphatic heterocycles. The first-order valence-corrected chi connectivity index (χ1v) is 6.28. The van der Waals surface area contributed by atoms with Gasteiger partial charge in [-0.2, -0.15) is 0 Å². The van der Waals surface area contributed by atoms with E-state index in [1.54, 1.807) is 0 Å². The maximum atomic E-state index is 5.69. The van der Waals surface area contributed by atoms with Crippen molar-refractivity contribution in [2.24, 2.45) is 5.73 Å². The molecule has 2 nitrogen and oxygen atoms in total. The molecule has 0 spiro atoms. The Bertz CT molecular complexity index is 349. The minimum Gasteiger partial charge on any atom is -0.490 e. The molecule has 1 unspecified atom stereocenters. The third-order valence-electron chi connectivity index (χ3n) is 3.13. The van der Waals surface area contributed by atoms with Crippen LogP contribution in [0.2, 0.25) is 0 Å². The Balaban J connectivity index is 1.90. The summed E-state index contributed by atoms with van der Waals surface area (Å²) in [5.41, 5.74) is 8.30. The molecule has 2 N–H and O–H groups in total. The van der Waals surface area contributed by atoms with Crippen LogP contribution in [-0.4, -0.2) is 12.6 Å². The van der Waals surface area contributed by atoms with Crippen LogP contribution in [0.15, 0.2) is 18.2 Å². The maximum absolute atomic E-state index is 5.69. The van der Waals surface area contributed by atoms with Crippen LogP contribution in [0.4, 0.5) is 0 Å². The van der Waals surface area contributed by atoms with E-state index >= 15 is 0 Å². The number of hydrogen-bond donors (Lipinski definition) is 1. The van der Waals surface area contributed by atoms with Crippen molar-refractivity contribution in [1.82, 2.24) is 0 Å². The van der Waals surface area contributed by atoms with Gasteiger partial charge in [-0.15, -0.1) is 0 Å². The topological polar surface area (TPSA) is 35.2 Å². The predicted molar refractivity (Wildman–Crippen MR) is 66.8 cm³/mol. The summed E-state index contributed by atoms with van der Waals surface area (Å²) in [6, 6.07) is 6.62. The van der Waals surface area contributed by atoms with Crippen LogP contribution in [0.1, 0.15) is 37.3 Å². The molecular formula is C14H21NO. The molecule has 1 atom stereocenters. The fourth-order valence-corrected chi connectivity index (χ4v) is 2.28. The maximum Gasteiger partial charge on any atom is 0.123 e. The normalized spacial score (nSPS) is 18.2. The van der Waals surface area contributed by atoms with Crippen LogP contribution >= 0.6 is 0 Å². The van der Waals surface area contributed by atoms with Crippen LogP contribution < -0.4 is 10.5 Å². The molecule has 16 heavy (non-hydrogen) atoms. The number of aryl methyl sites for hydroxylation is 1. The lowest BCUT2D eigenvalue weighted by Crippen LogP contribution is -2.05. The highest BCUT2D eigenvalue weighted by Crippen LogP contribution is 2.29. The zero-order chi connectivity index (χ0) is 11.4. The van der Waals surface area contributed by atoms with E-state index in [-0.39, 0.29) is 0 Å². The monoisotopic (exact) mass is 219 g/mol. The van der Waals surface area contributed by atoms with Gasteiger partial charge in [-0.1, -0.05) is 18.6 Å². The van der Waals surface area contributed by atoms with Gasteiger partial charge >= 0.3 is 0 Å². The predicted octanol–water partition coefficient (Wildman–Crippen LogP) is 2.68. The molecule has 1 aromatic carbocycles. The number of unbranched alkanes of at least 4 members (excludes halogenated alkanes) is 2. The highest BCUT2D eigenvalue weighted by atomic mass is 16.5. The average molecular weight is 219 g/mol. The van der Waals surface area contributed by atoms with Crippen molar-refractivity contribution in [3.05, 3.63) is 29.3 Å². The van der Waals surface area contributed by atoms with Crippen molar-refractivity contribution < 1.29 is 4.74 Å². The van der Waals surface area contributed by atoms with E-state index in [1.807, 2.05) is 0 Å². The van der Waals surface area contributed by atoms with E-state index in [0.717, 1.165) is 25.1 Å². The second kappa shape index (κ2) is 5.35. The van der Waals surface area contributed by atoms with E-state index in [4.69, 9.17) is 10.5 Å². The van der Waals surface area contributed by atoms with E-state index in [9.17, 15) is 0 Å². The Kier molecular flexibility index (Phi) is 3.83. The van der Waals surface area contributed by atoms with E-state index in [0.29, 0.717) is 6.10 Å². The molecule has 1 heterocycles. The van der Waals surface area contributed by atoms with Crippen molar-refractivity contribution in [2.75, 3.05) is 6.54 Å². The van der Waals surface area contributed by atoms with Crippen molar-refractivity contribution >= 4 is 0 Å². The number of nitrogens with two attached hydrogens (primary N) is 1. The molecule has 0 aromatic heterocycles. The van der Waals surface area contributed by atoms with Crippen molar-refractivity contribution in [3.63, 3.8) is 0 Å². The molecule has 0 amide bonds. The van der Waals surface area contributed by atoms with E-state index in [1.165, 1.54) is 30.4 Å². The lowest BCUT2D eigenvalue weighted by molar-refractivity contribution is 0.254. The van der Waals surface area contributed by atoms with Crippen molar-refractivity contribution in [3.8, 4) is 5.75 Å². The second-order valence-electron chi connectivity index (χ2n) is 4.67. The highest BCUT2D eigenvalue weighted by molar-refractivity contribution is 5.40. The molecule has 2 heteroatoms. The summed E-state index contributed by atoms with van der Waals surface area (Å²) in [6.07, 6.45) is 6.20. The zero-order valence-electron chi connectivity index (χ0n) is 10.0. The Hall–Kier alpha value is -1.02. The minimum atomic E-state index is 0.350. The van der Waals surface area contributed by atoms with Crippen molar-refractivity contribution in [2.45, 2.75) is 45.1 Å². The zero-order valence-corrected chi connectivity index (χ0v) is 10.0. The summed E-state index contributed by atoms with van der Waals surface area (Å²) in [4.78, 5) is 0. The lowest BCUT2D eigenvalue weighted by Gasteiger charge is -2.04. The van der Waals surface area contributed by atoms with Gasteiger partial charge in [-0.25, -0.2) is 0 Å². The Labute approximate surface area is 97.8 Å². The summed E-state index contributed by atoms with van der Waals surface area (Å²) in [5.74, 6) is 1.08. The highest BCUT2D eigenvalue weighted by Gasteiger charge is 2.18. The summed E-state index contributed by atoms with van der Waals surface area (Å²) >= 11 is 0. The number of ether oxygens (including phenoxy) is 1. The van der Waals surface area contributed by atoms with Gasteiger partial charge in [0.05, 0.1) is 0 Å². The summed E-state index contributed by atoms with van der Waals surface area (Å²) in [6.45, 7) is 2.94. The first-order chi connectivity index (χ1) is 7.79. The molecule has 0 saturated carbocycles. The fraction of sp³-hybridized carbons (Fsp3) is 0.571. The summed E-state index contributed by atoms with van der Waals surface area (Å²) in [5, 5.41) is 0. The van der Waals surface area contributed by atoms with Gasteiger partial charge in [0, 0.05) is 6.42 Å². The largest absolute Gasteiger partial charge is 0.490 e. The molecule has 0 fully saturated rings. The first-order valence-electron chi connectivity index (χ1n) is 6.28. The number of benzene rings is 1. The van der Waals surface area contributed by atoms with Gasteiger partial charge in [0.15, 0.2) is 0 Å². The van der Waals surface area contributed by atoms with Gasteiger partial charge in [0.1, 0.15) is 11.9 Å². The van der Waals surface area contributed by atoms with Crippen molar-refractivity contribution in [1.29, 1.82) is 0 Å². The molecule has 1 aromatic rings. The van der Waals surface area contributed by atoms with E-state index in [2.05, 4.69) is 25.1 Å². The second-order valence-corrected chi connectivity index (χ2v) is 4.67. The number of hydrogen-bond acceptors (Lipinski definition) is 2. The molecule has 1 aliphatic rings. The van der Waals surface area contributed by atoms with Gasteiger partial charge in [0.2, 0.25) is 0 Å². The Morgan fingerprint density at radius 1 is 1.31 bits per heavy atom. The molecule has 0 radical (unpaired) electrons. The SMILES string of the molecule is CC1Cc2cc(CCCCCN)ccc2O1. The summed E-state index contributed by atoms with van der Waals surface area (Å²) in [7, 11) is 0. The third kappa shape index (κ3) is 2.76. The lowest BCUT2D eigenvalue weighted by atomic mass is 10.0. The average Bonchev–Trinajstić information content (AvgIpc) is 2.64. The first kappa shape index (κ1) is 11.5. The quantitative estimate of drug-likeness (QED) is 0.773. The van der Waals surface area contributed by atoms with Crippen LogP contribution in [0.25, 0.3) is 0 Å². The Morgan fingerprint density at radius 2 is 2.19 bits per heavy atom. The molecule has 0 saturated heterocycles. The van der Waals surface area contributed by atoms with Crippen LogP contribution in [0.3, 0.4) is 0 Å². The molecular weight excluding hydrogens is 198 g/mol. The minimum absolute atomic E-state index is 0.350. The van der Waals surface area contributed by atoms with E-state index < -0.39 is 0 Å². The Morgan fingerprint density at radius 3 is 3.00 bits per heavy atom. The third-order valence-corrected chi connectivity index (χ3v) is 3.13. The molecule has 0 aliphatic carbocycles. The number of rotatable bonds is 5. The van der Waals surface area contributed by atoms with Crippen LogP contribution in [0, 0.1) is 0 Å². The molecule has 88 valence electrons. The van der Waals surface area contributed by atoms with Gasteiger partial charge < -0.3 is 10.5 Å². The summed E-state index contributed by atoms with van der Waals surface area (Å²) < 4.78 is 5.69. The number of fused-ring (bicyclic) bond motifs is 1. The smallest absolute Gasteiger partial charge is 0.123 e. The molecule has 0 bridgehead atoms. The van der Waals surface area contributed by atoms with Crippen LogP contribution in [-0.2, 0) is 12.8 Å². The fourth-order valence-electron chi connectivity index (χ4n) is 2.28. The van der Waals surface area contributed by atoms with Gasteiger partial charge in [-0.05, 0) is 49.9 Å². The molecule has 2 rings (SSSR count). The van der Waals surface area contributed by atoms with Gasteiger partial charge in [-0.3, -0.25) is 0 Å². The van der Waals surface area contributed by atoms with Crippen LogP contribution in [0.5, 0.6) is 5.75 Å². The standard InChI is InChI=1S/C14H21NO/c1-11-9-13-10-12(5-3-2-4-8-15)6-7-14(13)16-11/h6-7,10-11H,2-5,8-9,15H2,1H3.